The maximum Gasteiger partial charge on any atom is 0.287 e. The Kier molecular flexibility index (Phi) is 7.00. The molecule has 0 fully saturated rings. The van der Waals surface area contributed by atoms with Crippen LogP contribution in [0.15, 0.2) is 22.8 Å². The van der Waals surface area contributed by atoms with E-state index >= 15 is 0 Å². The van der Waals surface area contributed by atoms with Gasteiger partial charge in [0, 0.05) is 13.1 Å². The first-order valence-corrected chi connectivity index (χ1v) is 4.96. The second-order valence-corrected chi connectivity index (χ2v) is 3.31. The number of carbonyl (C=O) groups excluding carboxylic acids is 2. The molecule has 17 heavy (non-hydrogen) atoms. The summed E-state index contributed by atoms with van der Waals surface area (Å²) in [6.45, 7) is 2.27. The minimum Gasteiger partial charge on any atom is -0.459 e. The number of halogens is 1. The summed E-state index contributed by atoms with van der Waals surface area (Å²) in [6.07, 6.45) is 1.42. The molecule has 0 aliphatic rings. The van der Waals surface area contributed by atoms with Crippen molar-refractivity contribution >= 4 is 24.2 Å². The Bertz CT molecular complexity index is 352. The number of amides is 2. The van der Waals surface area contributed by atoms with Crippen LogP contribution in [0, 0.1) is 0 Å². The Morgan fingerprint density at radius 3 is 2.59 bits per heavy atom. The molecule has 0 bridgehead atoms. The van der Waals surface area contributed by atoms with E-state index in [4.69, 9.17) is 10.2 Å². The SMILES string of the molecule is CC(N)C(=O)NCCNC(=O)c1ccco1.Cl. The lowest BCUT2D eigenvalue weighted by Gasteiger charge is -2.07. The van der Waals surface area contributed by atoms with Gasteiger partial charge in [-0.1, -0.05) is 0 Å². The van der Waals surface area contributed by atoms with Crippen molar-refractivity contribution in [3.05, 3.63) is 24.2 Å². The summed E-state index contributed by atoms with van der Waals surface area (Å²) in [6, 6.07) is 2.66. The molecule has 1 atom stereocenters. The average molecular weight is 262 g/mol. The van der Waals surface area contributed by atoms with E-state index in [0.29, 0.717) is 13.1 Å². The molecular formula is C10H16ClN3O3. The first-order valence-electron chi connectivity index (χ1n) is 4.96. The van der Waals surface area contributed by atoms with Gasteiger partial charge < -0.3 is 20.8 Å². The number of furan rings is 1. The maximum absolute atomic E-state index is 11.3. The molecule has 0 aromatic carbocycles. The van der Waals surface area contributed by atoms with E-state index in [9.17, 15) is 9.59 Å². The number of nitrogens with two attached hydrogens (primary N) is 1. The van der Waals surface area contributed by atoms with Gasteiger partial charge in [0.25, 0.3) is 5.91 Å². The first kappa shape index (κ1) is 15.5. The van der Waals surface area contributed by atoms with Crippen molar-refractivity contribution in [2.24, 2.45) is 5.73 Å². The summed E-state index contributed by atoms with van der Waals surface area (Å²) < 4.78 is 4.89. The summed E-state index contributed by atoms with van der Waals surface area (Å²) in [4.78, 5) is 22.4. The second-order valence-electron chi connectivity index (χ2n) is 3.31. The predicted molar refractivity (Wildman–Crippen MR) is 64.9 cm³/mol. The third kappa shape index (κ3) is 5.37. The van der Waals surface area contributed by atoms with Crippen molar-refractivity contribution in [1.29, 1.82) is 0 Å². The largest absolute Gasteiger partial charge is 0.459 e. The summed E-state index contributed by atoms with van der Waals surface area (Å²) in [5, 5.41) is 5.16. The Morgan fingerprint density at radius 2 is 2.06 bits per heavy atom. The fourth-order valence-corrected chi connectivity index (χ4v) is 1.02. The molecule has 1 unspecified atom stereocenters. The average Bonchev–Trinajstić information content (AvgIpc) is 2.76. The highest BCUT2D eigenvalue weighted by molar-refractivity contribution is 5.91. The van der Waals surface area contributed by atoms with E-state index in [0.717, 1.165) is 0 Å². The van der Waals surface area contributed by atoms with Gasteiger partial charge in [-0.15, -0.1) is 12.4 Å². The molecule has 0 aliphatic heterocycles. The van der Waals surface area contributed by atoms with Gasteiger partial charge in [-0.3, -0.25) is 9.59 Å². The van der Waals surface area contributed by atoms with Crippen LogP contribution in [0.25, 0.3) is 0 Å². The van der Waals surface area contributed by atoms with Crippen LogP contribution in [0.5, 0.6) is 0 Å². The van der Waals surface area contributed by atoms with Gasteiger partial charge in [0.2, 0.25) is 5.91 Å². The molecule has 1 rings (SSSR count). The lowest BCUT2D eigenvalue weighted by Crippen LogP contribution is -2.41. The van der Waals surface area contributed by atoms with Crippen LogP contribution in [-0.4, -0.2) is 30.9 Å². The molecule has 0 aliphatic carbocycles. The van der Waals surface area contributed by atoms with E-state index in [2.05, 4.69) is 10.6 Å². The molecule has 0 saturated heterocycles. The van der Waals surface area contributed by atoms with Crippen molar-refractivity contribution in [2.75, 3.05) is 13.1 Å². The predicted octanol–water partition coefficient (Wildman–Crippen LogP) is -0.105. The standard InChI is InChI=1S/C10H15N3O3.ClH/c1-7(11)9(14)12-4-5-13-10(15)8-3-2-6-16-8;/h2-3,6-7H,4-5,11H2,1H3,(H,12,14)(H,13,15);1H. The van der Waals surface area contributed by atoms with Crippen molar-refractivity contribution in [1.82, 2.24) is 10.6 Å². The Labute approximate surface area is 105 Å². The van der Waals surface area contributed by atoms with Crippen molar-refractivity contribution in [3.63, 3.8) is 0 Å². The monoisotopic (exact) mass is 261 g/mol. The van der Waals surface area contributed by atoms with Crippen molar-refractivity contribution in [3.8, 4) is 0 Å². The molecular weight excluding hydrogens is 246 g/mol. The van der Waals surface area contributed by atoms with Gasteiger partial charge in [0.1, 0.15) is 0 Å². The highest BCUT2D eigenvalue weighted by Gasteiger charge is 2.08. The highest BCUT2D eigenvalue weighted by Crippen LogP contribution is 1.98. The summed E-state index contributed by atoms with van der Waals surface area (Å²) in [5.74, 6) is -0.300. The van der Waals surface area contributed by atoms with Gasteiger partial charge >= 0.3 is 0 Å². The van der Waals surface area contributed by atoms with Gasteiger partial charge in [-0.25, -0.2) is 0 Å². The van der Waals surface area contributed by atoms with E-state index < -0.39 is 6.04 Å². The zero-order valence-corrected chi connectivity index (χ0v) is 10.3. The van der Waals surface area contributed by atoms with Crippen LogP contribution in [0.1, 0.15) is 17.5 Å². The van der Waals surface area contributed by atoms with Crippen molar-refractivity contribution < 1.29 is 14.0 Å². The van der Waals surface area contributed by atoms with Crippen LogP contribution >= 0.6 is 12.4 Å². The molecule has 0 spiro atoms. The number of hydrogen-bond acceptors (Lipinski definition) is 4. The number of nitrogens with one attached hydrogen (secondary N) is 2. The van der Waals surface area contributed by atoms with Crippen molar-refractivity contribution in [2.45, 2.75) is 13.0 Å². The van der Waals surface area contributed by atoms with Gasteiger partial charge in [-0.2, -0.15) is 0 Å². The third-order valence-corrected chi connectivity index (χ3v) is 1.87. The zero-order valence-electron chi connectivity index (χ0n) is 9.43. The Hall–Kier alpha value is -1.53. The topological polar surface area (TPSA) is 97.4 Å². The molecule has 6 nitrogen and oxygen atoms in total. The number of hydrogen-bond donors (Lipinski definition) is 3. The number of carbonyl (C=O) groups is 2. The van der Waals surface area contributed by atoms with Crippen LogP contribution in [0.2, 0.25) is 0 Å². The number of rotatable bonds is 5. The molecule has 0 radical (unpaired) electrons. The fourth-order valence-electron chi connectivity index (χ4n) is 1.02. The molecule has 2 amide bonds. The molecule has 1 heterocycles. The molecule has 1 aromatic heterocycles. The van der Waals surface area contributed by atoms with Crippen LogP contribution in [0.3, 0.4) is 0 Å². The normalized spacial score (nSPS) is 11.2. The minimum atomic E-state index is -0.541. The Morgan fingerprint density at radius 1 is 1.41 bits per heavy atom. The van der Waals surface area contributed by atoms with E-state index in [1.165, 1.54) is 6.26 Å². The Balaban J connectivity index is 0.00000256. The van der Waals surface area contributed by atoms with E-state index in [1.54, 1.807) is 19.1 Å². The second kappa shape index (κ2) is 7.70. The summed E-state index contributed by atoms with van der Waals surface area (Å²) in [5.41, 5.74) is 5.34. The van der Waals surface area contributed by atoms with Crippen LogP contribution < -0.4 is 16.4 Å². The third-order valence-electron chi connectivity index (χ3n) is 1.87. The maximum atomic E-state index is 11.3. The fraction of sp³-hybridized carbons (Fsp3) is 0.400. The van der Waals surface area contributed by atoms with Gasteiger partial charge in [0.05, 0.1) is 12.3 Å². The lowest BCUT2D eigenvalue weighted by molar-refractivity contribution is -0.121. The van der Waals surface area contributed by atoms with Crippen LogP contribution in [0.4, 0.5) is 0 Å². The van der Waals surface area contributed by atoms with Gasteiger partial charge in [0.15, 0.2) is 5.76 Å². The van der Waals surface area contributed by atoms with E-state index in [1.807, 2.05) is 0 Å². The molecule has 1 aromatic rings. The zero-order chi connectivity index (χ0) is 12.0. The molecule has 4 N–H and O–H groups in total. The van der Waals surface area contributed by atoms with E-state index in [-0.39, 0.29) is 30.0 Å². The smallest absolute Gasteiger partial charge is 0.287 e. The summed E-state index contributed by atoms with van der Waals surface area (Å²) in [7, 11) is 0. The molecule has 96 valence electrons. The first-order chi connectivity index (χ1) is 7.61. The lowest BCUT2D eigenvalue weighted by atomic mass is 10.3. The molecule has 0 saturated carbocycles. The van der Waals surface area contributed by atoms with Gasteiger partial charge in [-0.05, 0) is 19.1 Å². The highest BCUT2D eigenvalue weighted by atomic mass is 35.5. The quantitative estimate of drug-likeness (QED) is 0.645. The summed E-state index contributed by atoms with van der Waals surface area (Å²) >= 11 is 0. The van der Waals surface area contributed by atoms with Crippen LogP contribution in [-0.2, 0) is 4.79 Å². The minimum absolute atomic E-state index is 0. The molecule has 7 heteroatoms.